The van der Waals surface area contributed by atoms with Crippen molar-refractivity contribution in [3.63, 3.8) is 0 Å². The summed E-state index contributed by atoms with van der Waals surface area (Å²) in [6, 6.07) is 74.2. The zero-order chi connectivity index (χ0) is 42.1. The van der Waals surface area contributed by atoms with E-state index in [9.17, 15) is 0 Å². The van der Waals surface area contributed by atoms with Crippen molar-refractivity contribution in [1.29, 1.82) is 0 Å². The summed E-state index contributed by atoms with van der Waals surface area (Å²) in [5, 5.41) is 8.94. The van der Waals surface area contributed by atoms with Crippen LogP contribution in [0.15, 0.2) is 221 Å². The molecule has 64 heavy (non-hydrogen) atoms. The predicted molar refractivity (Wildman–Crippen MR) is 262 cm³/mol. The third-order valence-electron chi connectivity index (χ3n) is 12.5. The molecule has 298 valence electrons. The molecule has 0 unspecified atom stereocenters. The standard InChI is InChI=1S/C59H35N3O2/c1-2-15-37(16-3-1)57-60-58(62-59(61-57)49-24-13-27-53-55(49)47-22-8-10-25-51(47)63-53)41-19-12-18-40(33-41)43-30-31-46(45-21-7-6-20-44(43)45)50-34-42(39-29-28-36-14-4-5-17-38(36)32-39)35-54-56(50)48-23-9-11-26-52(48)64-54/h1-35H. The van der Waals surface area contributed by atoms with Gasteiger partial charge in [0.25, 0.3) is 0 Å². The fourth-order valence-corrected chi connectivity index (χ4v) is 9.52. The van der Waals surface area contributed by atoms with E-state index in [1.165, 1.54) is 10.8 Å². The summed E-state index contributed by atoms with van der Waals surface area (Å²) in [5.41, 5.74) is 12.8. The SMILES string of the molecule is c1ccc(-c2nc(-c3cccc(-c4ccc(-c5cc(-c6ccc7ccccc7c6)cc6oc7ccccc7c56)c5ccccc45)c3)nc(-c3cccc4oc5ccccc5c34)n2)cc1. The van der Waals surface area contributed by atoms with Crippen molar-refractivity contribution >= 4 is 65.4 Å². The van der Waals surface area contributed by atoms with Gasteiger partial charge in [-0.05, 0) is 97.4 Å². The number of nitrogens with zero attached hydrogens (tertiary/aromatic N) is 3. The number of rotatable bonds is 6. The Balaban J connectivity index is 0.977. The Morgan fingerprint density at radius 3 is 1.61 bits per heavy atom. The van der Waals surface area contributed by atoms with Gasteiger partial charge in [0.15, 0.2) is 17.5 Å². The number of hydrogen-bond donors (Lipinski definition) is 0. The molecule has 0 atom stereocenters. The quantitative estimate of drug-likeness (QED) is 0.167. The fourth-order valence-electron chi connectivity index (χ4n) is 9.52. The van der Waals surface area contributed by atoms with Crippen LogP contribution in [-0.2, 0) is 0 Å². The van der Waals surface area contributed by atoms with Crippen LogP contribution in [0.25, 0.3) is 133 Å². The van der Waals surface area contributed by atoms with Gasteiger partial charge in [0.1, 0.15) is 22.3 Å². The first-order chi connectivity index (χ1) is 31.7. The Hall–Kier alpha value is -8.67. The topological polar surface area (TPSA) is 65.0 Å². The Morgan fingerprint density at radius 2 is 0.812 bits per heavy atom. The highest BCUT2D eigenvalue weighted by molar-refractivity contribution is 6.18. The van der Waals surface area contributed by atoms with E-state index < -0.39 is 0 Å². The van der Waals surface area contributed by atoms with Crippen LogP contribution in [0.3, 0.4) is 0 Å². The molecule has 0 amide bonds. The highest BCUT2D eigenvalue weighted by Crippen LogP contribution is 2.45. The molecule has 10 aromatic carbocycles. The second kappa shape index (κ2) is 14.5. The van der Waals surface area contributed by atoms with E-state index in [1.807, 2.05) is 66.7 Å². The zero-order valence-electron chi connectivity index (χ0n) is 34.4. The molecule has 5 nitrogen and oxygen atoms in total. The minimum absolute atomic E-state index is 0.588. The molecule has 0 saturated heterocycles. The molecular weight excluding hydrogens is 783 g/mol. The van der Waals surface area contributed by atoms with E-state index in [2.05, 4.69) is 146 Å². The van der Waals surface area contributed by atoms with Gasteiger partial charge in [0.05, 0.1) is 0 Å². The maximum Gasteiger partial charge on any atom is 0.164 e. The van der Waals surface area contributed by atoms with E-state index in [4.69, 9.17) is 23.8 Å². The van der Waals surface area contributed by atoms with Crippen molar-refractivity contribution < 1.29 is 8.83 Å². The van der Waals surface area contributed by atoms with E-state index in [-0.39, 0.29) is 0 Å². The molecule has 3 heterocycles. The van der Waals surface area contributed by atoms with Gasteiger partial charge in [-0.1, -0.05) is 170 Å². The van der Waals surface area contributed by atoms with Crippen LogP contribution in [0, 0.1) is 0 Å². The summed E-state index contributed by atoms with van der Waals surface area (Å²) in [4.78, 5) is 15.4. The van der Waals surface area contributed by atoms with Gasteiger partial charge in [0.2, 0.25) is 0 Å². The van der Waals surface area contributed by atoms with E-state index in [0.29, 0.717) is 17.5 Å². The molecule has 0 spiro atoms. The molecule has 0 aliphatic rings. The third-order valence-corrected chi connectivity index (χ3v) is 12.5. The monoisotopic (exact) mass is 817 g/mol. The van der Waals surface area contributed by atoms with Gasteiger partial charge in [-0.25, -0.2) is 15.0 Å². The van der Waals surface area contributed by atoms with Crippen LogP contribution in [-0.4, -0.2) is 15.0 Å². The molecule has 0 bridgehead atoms. The first-order valence-corrected chi connectivity index (χ1v) is 21.5. The lowest BCUT2D eigenvalue weighted by molar-refractivity contribution is 0.668. The minimum Gasteiger partial charge on any atom is -0.456 e. The van der Waals surface area contributed by atoms with Crippen molar-refractivity contribution in [3.05, 3.63) is 212 Å². The Bertz CT molecular complexity index is 3980. The summed E-state index contributed by atoms with van der Waals surface area (Å²) in [6.07, 6.45) is 0. The zero-order valence-corrected chi connectivity index (χ0v) is 34.4. The van der Waals surface area contributed by atoms with Gasteiger partial charge < -0.3 is 8.83 Å². The highest BCUT2D eigenvalue weighted by Gasteiger charge is 2.21. The maximum absolute atomic E-state index is 6.61. The number of benzene rings is 10. The summed E-state index contributed by atoms with van der Waals surface area (Å²) in [5.74, 6) is 1.79. The van der Waals surface area contributed by atoms with Crippen LogP contribution in [0.5, 0.6) is 0 Å². The summed E-state index contributed by atoms with van der Waals surface area (Å²) < 4.78 is 12.9. The average Bonchev–Trinajstić information content (AvgIpc) is 3.94. The first-order valence-electron chi connectivity index (χ1n) is 21.5. The summed E-state index contributed by atoms with van der Waals surface area (Å²) in [7, 11) is 0. The molecule has 0 saturated carbocycles. The van der Waals surface area contributed by atoms with E-state index >= 15 is 0 Å². The predicted octanol–water partition coefficient (Wildman–Crippen LogP) is 16.0. The average molecular weight is 818 g/mol. The normalized spacial score (nSPS) is 11.8. The van der Waals surface area contributed by atoms with Gasteiger partial charge in [-0.3, -0.25) is 0 Å². The van der Waals surface area contributed by atoms with Crippen molar-refractivity contribution in [2.75, 3.05) is 0 Å². The molecular formula is C59H35N3O2. The number of para-hydroxylation sites is 2. The molecule has 13 rings (SSSR count). The molecule has 0 aliphatic carbocycles. The molecule has 13 aromatic rings. The smallest absolute Gasteiger partial charge is 0.164 e. The van der Waals surface area contributed by atoms with Crippen LogP contribution < -0.4 is 0 Å². The third kappa shape index (κ3) is 5.90. The van der Waals surface area contributed by atoms with Crippen molar-refractivity contribution in [2.24, 2.45) is 0 Å². The van der Waals surface area contributed by atoms with Crippen molar-refractivity contribution in [2.45, 2.75) is 0 Å². The van der Waals surface area contributed by atoms with Gasteiger partial charge >= 0.3 is 0 Å². The van der Waals surface area contributed by atoms with Crippen molar-refractivity contribution in [3.8, 4) is 67.5 Å². The number of fused-ring (bicyclic) bond motifs is 8. The molecule has 0 fully saturated rings. The lowest BCUT2D eigenvalue weighted by Gasteiger charge is -2.15. The number of hydrogen-bond acceptors (Lipinski definition) is 5. The van der Waals surface area contributed by atoms with Gasteiger partial charge in [-0.15, -0.1) is 0 Å². The second-order valence-corrected chi connectivity index (χ2v) is 16.3. The number of aromatic nitrogens is 3. The Kier molecular flexibility index (Phi) is 8.15. The van der Waals surface area contributed by atoms with E-state index in [0.717, 1.165) is 105 Å². The lowest BCUT2D eigenvalue weighted by Crippen LogP contribution is -2.00. The van der Waals surface area contributed by atoms with Crippen LogP contribution in [0.1, 0.15) is 0 Å². The molecule has 3 aromatic heterocycles. The second-order valence-electron chi connectivity index (χ2n) is 16.3. The van der Waals surface area contributed by atoms with Gasteiger partial charge in [0, 0.05) is 38.2 Å². The molecule has 5 heteroatoms. The highest BCUT2D eigenvalue weighted by atomic mass is 16.3. The minimum atomic E-state index is 0.588. The molecule has 0 radical (unpaired) electrons. The van der Waals surface area contributed by atoms with E-state index in [1.54, 1.807) is 0 Å². The van der Waals surface area contributed by atoms with Crippen LogP contribution in [0.2, 0.25) is 0 Å². The summed E-state index contributed by atoms with van der Waals surface area (Å²) in [6.45, 7) is 0. The lowest BCUT2D eigenvalue weighted by atomic mass is 9.88. The maximum atomic E-state index is 6.61. The van der Waals surface area contributed by atoms with Crippen LogP contribution >= 0.6 is 0 Å². The molecule has 0 N–H and O–H groups in total. The Morgan fingerprint density at radius 1 is 0.250 bits per heavy atom. The number of furan rings is 2. The van der Waals surface area contributed by atoms with Gasteiger partial charge in [-0.2, -0.15) is 0 Å². The molecule has 0 aliphatic heterocycles. The van der Waals surface area contributed by atoms with Crippen LogP contribution in [0.4, 0.5) is 0 Å². The fraction of sp³-hybridized carbons (Fsp3) is 0. The first kappa shape index (κ1) is 36.0. The Labute approximate surface area is 367 Å². The van der Waals surface area contributed by atoms with Crippen molar-refractivity contribution in [1.82, 2.24) is 15.0 Å². The summed E-state index contributed by atoms with van der Waals surface area (Å²) >= 11 is 0. The largest absolute Gasteiger partial charge is 0.456 e.